The third-order valence-electron chi connectivity index (χ3n) is 6.19. The first kappa shape index (κ1) is 22.4. The van der Waals surface area contributed by atoms with E-state index in [1.807, 2.05) is 0 Å². The minimum absolute atomic E-state index is 0.0167. The maximum Gasteiger partial charge on any atom is 0.261 e. The highest BCUT2D eigenvalue weighted by Crippen LogP contribution is 2.27. The Kier molecular flexibility index (Phi) is 5.18. The van der Waals surface area contributed by atoms with Crippen molar-refractivity contribution >= 4 is 39.7 Å². The molecule has 5 N–H and O–H groups in total. The Labute approximate surface area is 208 Å². The van der Waals surface area contributed by atoms with Crippen LogP contribution < -0.4 is 10.5 Å². The van der Waals surface area contributed by atoms with E-state index >= 15 is 0 Å². The molecular weight excluding hydrogens is 477 g/mol. The van der Waals surface area contributed by atoms with Gasteiger partial charge in [0.25, 0.3) is 11.8 Å². The maximum absolute atomic E-state index is 14.3. The van der Waals surface area contributed by atoms with Gasteiger partial charge in [0.15, 0.2) is 0 Å². The summed E-state index contributed by atoms with van der Waals surface area (Å²) in [6.45, 7) is -0.00284. The number of nitrogen functional groups attached to an aromatic ring is 1. The maximum atomic E-state index is 14.3. The van der Waals surface area contributed by atoms with Crippen LogP contribution in [-0.2, 0) is 6.42 Å². The number of aromatic nitrogens is 4. The highest BCUT2D eigenvalue weighted by atomic mass is 19.1. The van der Waals surface area contributed by atoms with Gasteiger partial charge >= 0.3 is 0 Å². The molecular formula is C26H20FN7O3. The van der Waals surface area contributed by atoms with Gasteiger partial charge in [0.1, 0.15) is 41.2 Å². The summed E-state index contributed by atoms with van der Waals surface area (Å²) in [5.74, 6) is 0.0606. The SMILES string of the molecule is N=C(N)c1ccc2nc(Cc3nc4c(OCCN5C(=O)c6ccccc6C5=O)cc(F)cc4[nH]3)[nH]c2c1. The molecule has 0 spiro atoms. The number of amides is 2. The number of H-pyrrole nitrogens is 2. The molecule has 5 aromatic rings. The lowest BCUT2D eigenvalue weighted by Crippen LogP contribution is -2.33. The van der Waals surface area contributed by atoms with E-state index in [4.69, 9.17) is 15.9 Å². The summed E-state index contributed by atoms with van der Waals surface area (Å²) in [6.07, 6.45) is 0.314. The molecule has 6 rings (SSSR count). The number of fused-ring (bicyclic) bond motifs is 3. The lowest BCUT2D eigenvalue weighted by Gasteiger charge is -2.14. The Morgan fingerprint density at radius 3 is 2.41 bits per heavy atom. The molecule has 0 radical (unpaired) electrons. The number of imide groups is 1. The number of imidazole rings is 2. The second-order valence-corrected chi connectivity index (χ2v) is 8.65. The van der Waals surface area contributed by atoms with Gasteiger partial charge in [-0.3, -0.25) is 19.9 Å². The van der Waals surface area contributed by atoms with Crippen molar-refractivity contribution in [2.75, 3.05) is 13.2 Å². The van der Waals surface area contributed by atoms with E-state index in [1.54, 1.807) is 42.5 Å². The van der Waals surface area contributed by atoms with Crippen LogP contribution in [0.25, 0.3) is 22.1 Å². The molecule has 1 aliphatic rings. The average molecular weight is 497 g/mol. The smallest absolute Gasteiger partial charge is 0.261 e. The molecule has 0 bridgehead atoms. The number of benzene rings is 3. The van der Waals surface area contributed by atoms with Crippen molar-refractivity contribution in [2.45, 2.75) is 6.42 Å². The molecule has 3 aromatic carbocycles. The number of ether oxygens (including phenoxy) is 1. The Morgan fingerprint density at radius 1 is 0.973 bits per heavy atom. The van der Waals surface area contributed by atoms with Gasteiger partial charge in [-0.15, -0.1) is 0 Å². The van der Waals surface area contributed by atoms with Gasteiger partial charge in [-0.05, 0) is 36.4 Å². The van der Waals surface area contributed by atoms with Crippen LogP contribution in [0.4, 0.5) is 4.39 Å². The first-order valence-electron chi connectivity index (χ1n) is 11.5. The van der Waals surface area contributed by atoms with Crippen molar-refractivity contribution in [1.82, 2.24) is 24.8 Å². The lowest BCUT2D eigenvalue weighted by molar-refractivity contribution is 0.0631. The number of halogens is 1. The molecule has 184 valence electrons. The number of aromatic amines is 2. The Balaban J connectivity index is 1.20. The van der Waals surface area contributed by atoms with Gasteiger partial charge in [0.2, 0.25) is 0 Å². The van der Waals surface area contributed by atoms with Crippen molar-refractivity contribution in [3.05, 3.63) is 88.8 Å². The van der Waals surface area contributed by atoms with Crippen LogP contribution in [-0.4, -0.2) is 55.6 Å². The number of nitrogens with one attached hydrogen (secondary N) is 3. The van der Waals surface area contributed by atoms with Crippen LogP contribution in [0.15, 0.2) is 54.6 Å². The lowest BCUT2D eigenvalue weighted by atomic mass is 10.1. The molecule has 0 unspecified atom stereocenters. The second kappa shape index (κ2) is 8.55. The fourth-order valence-electron chi connectivity index (χ4n) is 4.46. The first-order valence-corrected chi connectivity index (χ1v) is 11.5. The van der Waals surface area contributed by atoms with E-state index in [0.717, 1.165) is 15.9 Å². The molecule has 2 amide bonds. The number of nitrogens with zero attached hydrogens (tertiary/aromatic N) is 3. The number of carbonyl (C=O) groups is 2. The summed E-state index contributed by atoms with van der Waals surface area (Å²) >= 11 is 0. The molecule has 0 saturated heterocycles. The summed E-state index contributed by atoms with van der Waals surface area (Å²) in [7, 11) is 0. The van der Waals surface area contributed by atoms with Crippen molar-refractivity contribution in [3.8, 4) is 5.75 Å². The van der Waals surface area contributed by atoms with E-state index in [1.165, 1.54) is 12.1 Å². The third-order valence-corrected chi connectivity index (χ3v) is 6.19. The van der Waals surface area contributed by atoms with E-state index < -0.39 is 5.82 Å². The molecule has 0 aliphatic carbocycles. The van der Waals surface area contributed by atoms with Gasteiger partial charge < -0.3 is 20.4 Å². The van der Waals surface area contributed by atoms with Crippen LogP contribution in [0.2, 0.25) is 0 Å². The molecule has 3 heterocycles. The molecule has 0 atom stereocenters. The molecule has 2 aromatic heterocycles. The predicted molar refractivity (Wildman–Crippen MR) is 133 cm³/mol. The summed E-state index contributed by atoms with van der Waals surface area (Å²) in [4.78, 5) is 41.6. The van der Waals surface area contributed by atoms with Gasteiger partial charge in [0, 0.05) is 11.6 Å². The Morgan fingerprint density at radius 2 is 1.68 bits per heavy atom. The van der Waals surface area contributed by atoms with Gasteiger partial charge in [-0.25, -0.2) is 14.4 Å². The molecule has 0 saturated carbocycles. The fourth-order valence-corrected chi connectivity index (χ4v) is 4.46. The third kappa shape index (κ3) is 3.96. The van der Waals surface area contributed by atoms with Crippen molar-refractivity contribution in [3.63, 3.8) is 0 Å². The quantitative estimate of drug-likeness (QED) is 0.154. The number of carbonyl (C=O) groups excluding carboxylic acids is 2. The molecule has 37 heavy (non-hydrogen) atoms. The number of hydrogen-bond acceptors (Lipinski definition) is 6. The van der Waals surface area contributed by atoms with Crippen LogP contribution >= 0.6 is 0 Å². The summed E-state index contributed by atoms with van der Waals surface area (Å²) in [5, 5.41) is 7.59. The zero-order valence-corrected chi connectivity index (χ0v) is 19.3. The predicted octanol–water partition coefficient (Wildman–Crippen LogP) is 3.13. The summed E-state index contributed by atoms with van der Waals surface area (Å²) in [5.41, 5.74) is 9.20. The minimum atomic E-state index is -0.515. The number of rotatable bonds is 7. The average Bonchev–Trinajstić information content (AvgIpc) is 3.54. The Bertz CT molecular complexity index is 1700. The van der Waals surface area contributed by atoms with Crippen LogP contribution in [0.1, 0.15) is 37.9 Å². The monoisotopic (exact) mass is 497 g/mol. The molecule has 0 fully saturated rings. The highest BCUT2D eigenvalue weighted by molar-refractivity contribution is 6.21. The van der Waals surface area contributed by atoms with E-state index in [0.29, 0.717) is 45.8 Å². The zero-order chi connectivity index (χ0) is 25.7. The van der Waals surface area contributed by atoms with Crippen molar-refractivity contribution < 1.29 is 18.7 Å². The largest absolute Gasteiger partial charge is 0.489 e. The number of hydrogen-bond donors (Lipinski definition) is 4. The van der Waals surface area contributed by atoms with Crippen LogP contribution in [0.5, 0.6) is 5.75 Å². The van der Waals surface area contributed by atoms with E-state index in [-0.39, 0.29) is 36.6 Å². The van der Waals surface area contributed by atoms with Crippen LogP contribution in [0.3, 0.4) is 0 Å². The van der Waals surface area contributed by atoms with Gasteiger partial charge in [0.05, 0.1) is 40.6 Å². The number of amidine groups is 1. The molecule has 11 heteroatoms. The minimum Gasteiger partial charge on any atom is -0.489 e. The van der Waals surface area contributed by atoms with E-state index in [2.05, 4.69) is 19.9 Å². The van der Waals surface area contributed by atoms with Gasteiger partial charge in [-0.1, -0.05) is 12.1 Å². The Hall–Kier alpha value is -5.06. The first-order chi connectivity index (χ1) is 17.9. The standard InChI is InChI=1S/C26H20FN7O3/c27-14-10-19-23(20(11-14)37-8-7-34-25(35)15-3-1-2-4-16(15)26(34)36)33-22(32-19)12-21-30-17-6-5-13(24(28)29)9-18(17)31-21/h1-6,9-11H,7-8,12H2,(H3,28,29)(H,30,31)(H,32,33). The molecule has 1 aliphatic heterocycles. The summed E-state index contributed by atoms with van der Waals surface area (Å²) in [6, 6.07) is 14.4. The fraction of sp³-hybridized carbons (Fsp3) is 0.115. The zero-order valence-electron chi connectivity index (χ0n) is 19.3. The van der Waals surface area contributed by atoms with Crippen LogP contribution in [0, 0.1) is 11.2 Å². The topological polar surface area (TPSA) is 154 Å². The number of nitrogens with two attached hydrogens (primary N) is 1. The normalized spacial score (nSPS) is 13.1. The van der Waals surface area contributed by atoms with Gasteiger partial charge in [-0.2, -0.15) is 0 Å². The molecule has 10 nitrogen and oxygen atoms in total. The van der Waals surface area contributed by atoms with E-state index in [9.17, 15) is 14.0 Å². The van der Waals surface area contributed by atoms with Crippen molar-refractivity contribution in [2.24, 2.45) is 5.73 Å². The summed E-state index contributed by atoms with van der Waals surface area (Å²) < 4.78 is 20.1. The highest BCUT2D eigenvalue weighted by Gasteiger charge is 2.34. The van der Waals surface area contributed by atoms with Crippen molar-refractivity contribution in [1.29, 1.82) is 5.41 Å². The second-order valence-electron chi connectivity index (χ2n) is 8.65.